The number of hydrogen-bond donors (Lipinski definition) is 2. The van der Waals surface area contributed by atoms with Crippen LogP contribution in [0.15, 0.2) is 0 Å². The summed E-state index contributed by atoms with van der Waals surface area (Å²) < 4.78 is 27.5. The van der Waals surface area contributed by atoms with E-state index in [0.29, 0.717) is 13.0 Å². The van der Waals surface area contributed by atoms with E-state index in [9.17, 15) is 8.42 Å². The Kier molecular flexibility index (Phi) is 4.11. The molecule has 0 unspecified atom stereocenters. The van der Waals surface area contributed by atoms with Crippen LogP contribution in [0.5, 0.6) is 0 Å². The monoisotopic (exact) mass is 236 g/mol. The second-order valence-electron chi connectivity index (χ2n) is 4.42. The molecular weight excluding hydrogens is 216 g/mol. The van der Waals surface area contributed by atoms with Crippen molar-refractivity contribution in [3.63, 3.8) is 0 Å². The highest BCUT2D eigenvalue weighted by Crippen LogP contribution is 2.31. The lowest BCUT2D eigenvalue weighted by Gasteiger charge is -2.39. The molecule has 0 aromatic heterocycles. The second-order valence-corrected chi connectivity index (χ2v) is 6.20. The Bertz CT molecular complexity index is 298. The Morgan fingerprint density at radius 2 is 2.07 bits per heavy atom. The van der Waals surface area contributed by atoms with E-state index in [4.69, 9.17) is 5.11 Å². The Morgan fingerprint density at radius 1 is 1.47 bits per heavy atom. The van der Waals surface area contributed by atoms with Crippen LogP contribution in [-0.2, 0) is 10.2 Å². The van der Waals surface area contributed by atoms with Gasteiger partial charge in [0.15, 0.2) is 0 Å². The number of rotatable bonds is 6. The summed E-state index contributed by atoms with van der Waals surface area (Å²) in [6.45, 7) is 2.28. The quantitative estimate of drug-likeness (QED) is 0.686. The summed E-state index contributed by atoms with van der Waals surface area (Å²) >= 11 is 0. The molecule has 0 amide bonds. The van der Waals surface area contributed by atoms with Gasteiger partial charge in [-0.05, 0) is 32.6 Å². The first-order valence-electron chi connectivity index (χ1n) is 5.26. The molecule has 0 aromatic carbocycles. The van der Waals surface area contributed by atoms with Crippen LogP contribution in [-0.4, -0.2) is 43.6 Å². The fourth-order valence-corrected chi connectivity index (χ4v) is 2.96. The van der Waals surface area contributed by atoms with E-state index >= 15 is 0 Å². The molecule has 15 heavy (non-hydrogen) atoms. The molecule has 1 saturated carbocycles. The van der Waals surface area contributed by atoms with E-state index in [1.807, 2.05) is 6.92 Å². The van der Waals surface area contributed by atoms with Gasteiger partial charge in [0, 0.05) is 25.7 Å². The maximum Gasteiger partial charge on any atom is 0.279 e. The van der Waals surface area contributed by atoms with Crippen LogP contribution in [0.4, 0.5) is 0 Å². The minimum absolute atomic E-state index is 0.0110. The summed E-state index contributed by atoms with van der Waals surface area (Å²) in [7, 11) is -1.85. The first-order chi connectivity index (χ1) is 6.90. The largest absolute Gasteiger partial charge is 0.396 e. The molecule has 0 heterocycles. The van der Waals surface area contributed by atoms with Crippen molar-refractivity contribution < 1.29 is 13.5 Å². The van der Waals surface area contributed by atoms with Crippen LogP contribution < -0.4 is 4.72 Å². The lowest BCUT2D eigenvalue weighted by molar-refractivity contribution is 0.239. The van der Waals surface area contributed by atoms with Gasteiger partial charge in [0.2, 0.25) is 0 Å². The SMILES string of the molecule is CN(CCCO)S(=O)(=O)NC1(C)CCC1. The summed E-state index contributed by atoms with van der Waals surface area (Å²) in [5.74, 6) is 0. The van der Waals surface area contributed by atoms with E-state index in [1.165, 1.54) is 11.4 Å². The van der Waals surface area contributed by atoms with Gasteiger partial charge in [-0.3, -0.25) is 0 Å². The van der Waals surface area contributed by atoms with Gasteiger partial charge in [-0.15, -0.1) is 0 Å². The minimum atomic E-state index is -3.38. The highest BCUT2D eigenvalue weighted by molar-refractivity contribution is 7.87. The predicted octanol–water partition coefficient (Wildman–Crippen LogP) is 0.0776. The summed E-state index contributed by atoms with van der Waals surface area (Å²) in [6.07, 6.45) is 3.35. The van der Waals surface area contributed by atoms with E-state index in [-0.39, 0.29) is 12.1 Å². The zero-order valence-corrected chi connectivity index (χ0v) is 10.2. The molecular formula is C9H20N2O3S. The fourth-order valence-electron chi connectivity index (χ4n) is 1.61. The Labute approximate surface area is 91.7 Å². The van der Waals surface area contributed by atoms with Crippen molar-refractivity contribution in [2.45, 2.75) is 38.1 Å². The lowest BCUT2D eigenvalue weighted by Crippen LogP contribution is -2.54. The molecule has 1 aliphatic carbocycles. The number of hydrogen-bond acceptors (Lipinski definition) is 3. The maximum absolute atomic E-state index is 11.8. The molecule has 0 aliphatic heterocycles. The van der Waals surface area contributed by atoms with Gasteiger partial charge >= 0.3 is 0 Å². The van der Waals surface area contributed by atoms with Gasteiger partial charge in [-0.2, -0.15) is 17.4 Å². The molecule has 0 aromatic rings. The smallest absolute Gasteiger partial charge is 0.279 e. The number of aliphatic hydroxyl groups is 1. The number of nitrogens with zero attached hydrogens (tertiary/aromatic N) is 1. The first-order valence-corrected chi connectivity index (χ1v) is 6.70. The molecule has 1 aliphatic rings. The topological polar surface area (TPSA) is 69.6 Å². The highest BCUT2D eigenvalue weighted by Gasteiger charge is 2.36. The first kappa shape index (κ1) is 12.9. The van der Waals surface area contributed by atoms with Crippen molar-refractivity contribution in [3.8, 4) is 0 Å². The van der Waals surface area contributed by atoms with Crippen molar-refractivity contribution >= 4 is 10.2 Å². The normalized spacial score (nSPS) is 20.3. The molecule has 1 rings (SSSR count). The van der Waals surface area contributed by atoms with Gasteiger partial charge in [-0.25, -0.2) is 0 Å². The van der Waals surface area contributed by atoms with Crippen LogP contribution in [0.3, 0.4) is 0 Å². The van der Waals surface area contributed by atoms with Crippen LogP contribution in [0.1, 0.15) is 32.6 Å². The lowest BCUT2D eigenvalue weighted by atomic mass is 9.80. The Balaban J connectivity index is 2.50. The minimum Gasteiger partial charge on any atom is -0.396 e. The molecule has 0 bridgehead atoms. The summed E-state index contributed by atoms with van der Waals surface area (Å²) in [4.78, 5) is 0. The zero-order chi connectivity index (χ0) is 11.5. The highest BCUT2D eigenvalue weighted by atomic mass is 32.2. The van der Waals surface area contributed by atoms with Crippen molar-refractivity contribution in [1.82, 2.24) is 9.03 Å². The Morgan fingerprint density at radius 3 is 2.47 bits per heavy atom. The molecule has 1 fully saturated rings. The van der Waals surface area contributed by atoms with E-state index in [2.05, 4.69) is 4.72 Å². The predicted molar refractivity (Wildman–Crippen MR) is 58.6 cm³/mol. The van der Waals surface area contributed by atoms with Crippen LogP contribution in [0.2, 0.25) is 0 Å². The van der Waals surface area contributed by atoms with Crippen LogP contribution >= 0.6 is 0 Å². The third kappa shape index (κ3) is 3.41. The van der Waals surface area contributed by atoms with Gasteiger partial charge in [0.25, 0.3) is 10.2 Å². The zero-order valence-electron chi connectivity index (χ0n) is 9.36. The van der Waals surface area contributed by atoms with Gasteiger partial charge in [0.05, 0.1) is 0 Å². The van der Waals surface area contributed by atoms with Gasteiger partial charge in [-0.1, -0.05) is 0 Å². The fraction of sp³-hybridized carbons (Fsp3) is 1.00. The maximum atomic E-state index is 11.8. The van der Waals surface area contributed by atoms with E-state index in [0.717, 1.165) is 19.3 Å². The standard InChI is InChI=1S/C9H20N2O3S/c1-9(5-3-6-9)10-15(13,14)11(2)7-4-8-12/h10,12H,3-8H2,1-2H3. The van der Waals surface area contributed by atoms with Crippen molar-refractivity contribution in [2.24, 2.45) is 0 Å². The molecule has 0 radical (unpaired) electrons. The molecule has 2 N–H and O–H groups in total. The van der Waals surface area contributed by atoms with Crippen molar-refractivity contribution in [2.75, 3.05) is 20.2 Å². The van der Waals surface area contributed by atoms with Crippen LogP contribution in [0, 0.1) is 0 Å². The van der Waals surface area contributed by atoms with E-state index in [1.54, 1.807) is 0 Å². The van der Waals surface area contributed by atoms with Gasteiger partial charge < -0.3 is 5.11 Å². The van der Waals surface area contributed by atoms with Gasteiger partial charge in [0.1, 0.15) is 0 Å². The van der Waals surface area contributed by atoms with Crippen LogP contribution in [0.25, 0.3) is 0 Å². The average molecular weight is 236 g/mol. The molecule has 6 heteroatoms. The molecule has 0 atom stereocenters. The summed E-state index contributed by atoms with van der Waals surface area (Å²) in [6, 6.07) is 0. The third-order valence-electron chi connectivity index (χ3n) is 2.87. The molecule has 5 nitrogen and oxygen atoms in total. The number of aliphatic hydroxyl groups excluding tert-OH is 1. The number of nitrogens with one attached hydrogen (secondary N) is 1. The van der Waals surface area contributed by atoms with Crippen molar-refractivity contribution in [1.29, 1.82) is 0 Å². The molecule has 0 spiro atoms. The summed E-state index contributed by atoms with van der Waals surface area (Å²) in [5.41, 5.74) is -0.258. The van der Waals surface area contributed by atoms with E-state index < -0.39 is 10.2 Å². The molecule has 90 valence electrons. The van der Waals surface area contributed by atoms with Crippen molar-refractivity contribution in [3.05, 3.63) is 0 Å². The molecule has 0 saturated heterocycles. The third-order valence-corrected chi connectivity index (χ3v) is 4.63. The average Bonchev–Trinajstić information content (AvgIpc) is 2.11. The summed E-state index contributed by atoms with van der Waals surface area (Å²) in [5, 5.41) is 8.63. The Hall–Kier alpha value is -0.170. The second kappa shape index (κ2) is 4.78.